The van der Waals surface area contributed by atoms with E-state index in [1.54, 1.807) is 38.1 Å². The van der Waals surface area contributed by atoms with Gasteiger partial charge in [0.15, 0.2) is 0 Å². The van der Waals surface area contributed by atoms with Gasteiger partial charge in [-0.1, -0.05) is 24.3 Å². The van der Waals surface area contributed by atoms with Crippen molar-refractivity contribution in [2.24, 2.45) is 0 Å². The zero-order valence-electron chi connectivity index (χ0n) is 27.6. The van der Waals surface area contributed by atoms with Crippen molar-refractivity contribution in [2.75, 3.05) is 54.7 Å². The van der Waals surface area contributed by atoms with Crippen molar-refractivity contribution in [3.05, 3.63) is 71.8 Å². The molecule has 0 bridgehead atoms. The van der Waals surface area contributed by atoms with Crippen LogP contribution in [0.4, 0.5) is 0 Å². The SMILES string of the molecule is CCOC(=O)CN(Cc1ccccc1CN(CC(=O)OCC)S(=O)(=O)c1ccc(OC)cc1OC)S(=O)(=O)c1ccc(OC)cc1OC. The lowest BCUT2D eigenvalue weighted by molar-refractivity contribution is -0.144. The molecule has 0 aliphatic heterocycles. The molecule has 0 aliphatic rings. The minimum Gasteiger partial charge on any atom is -0.497 e. The van der Waals surface area contributed by atoms with Crippen LogP contribution in [0.2, 0.25) is 0 Å². The van der Waals surface area contributed by atoms with Gasteiger partial charge in [-0.3, -0.25) is 9.59 Å². The van der Waals surface area contributed by atoms with Crippen LogP contribution in [0.3, 0.4) is 0 Å². The van der Waals surface area contributed by atoms with Crippen LogP contribution in [-0.2, 0) is 52.2 Å². The Morgan fingerprint density at radius 3 is 1.27 bits per heavy atom. The molecule has 16 heteroatoms. The number of benzene rings is 3. The van der Waals surface area contributed by atoms with E-state index >= 15 is 0 Å². The van der Waals surface area contributed by atoms with Crippen LogP contribution in [-0.4, -0.2) is 92.1 Å². The predicted molar refractivity (Wildman–Crippen MR) is 174 cm³/mol. The van der Waals surface area contributed by atoms with Crippen molar-refractivity contribution in [1.82, 2.24) is 8.61 Å². The summed E-state index contributed by atoms with van der Waals surface area (Å²) in [5.74, 6) is -0.935. The Labute approximate surface area is 281 Å². The first-order chi connectivity index (χ1) is 22.9. The van der Waals surface area contributed by atoms with E-state index in [2.05, 4.69) is 0 Å². The Kier molecular flexibility index (Phi) is 13.6. The second-order valence-electron chi connectivity index (χ2n) is 9.96. The molecule has 3 aromatic carbocycles. The highest BCUT2D eigenvalue weighted by Gasteiger charge is 2.34. The second kappa shape index (κ2) is 17.1. The molecule has 0 amide bonds. The van der Waals surface area contributed by atoms with Gasteiger partial charge in [0, 0.05) is 25.2 Å². The molecule has 3 rings (SSSR count). The summed E-state index contributed by atoms with van der Waals surface area (Å²) in [6.07, 6.45) is 0. The summed E-state index contributed by atoms with van der Waals surface area (Å²) in [4.78, 5) is 24.9. The Hall–Kier alpha value is -4.38. The molecule has 0 saturated heterocycles. The second-order valence-corrected chi connectivity index (χ2v) is 13.8. The number of hydrogen-bond acceptors (Lipinski definition) is 12. The predicted octanol–water partition coefficient (Wildman–Crippen LogP) is 3.23. The maximum Gasteiger partial charge on any atom is 0.321 e. The van der Waals surface area contributed by atoms with Gasteiger partial charge >= 0.3 is 11.9 Å². The van der Waals surface area contributed by atoms with E-state index in [0.717, 1.165) is 8.61 Å². The maximum atomic E-state index is 14.1. The molecule has 48 heavy (non-hydrogen) atoms. The number of nitrogens with zero attached hydrogens (tertiary/aromatic N) is 2. The smallest absolute Gasteiger partial charge is 0.321 e. The third-order valence-corrected chi connectivity index (χ3v) is 10.7. The average molecular weight is 709 g/mol. The summed E-state index contributed by atoms with van der Waals surface area (Å²) < 4.78 is 89.3. The van der Waals surface area contributed by atoms with Crippen molar-refractivity contribution in [3.8, 4) is 23.0 Å². The molecule has 3 aromatic rings. The van der Waals surface area contributed by atoms with Gasteiger partial charge < -0.3 is 28.4 Å². The quantitative estimate of drug-likeness (QED) is 0.178. The number of carbonyl (C=O) groups is 2. The standard InChI is InChI=1S/C32H40N2O12S2/c1-7-45-31(35)21-33(47(37,38)29-15-13-25(41-3)17-27(29)43-5)19-23-11-9-10-12-24(23)20-34(22-32(36)46-8-2)48(39,40)30-16-14-26(42-4)18-28(30)44-6/h9-18H,7-8,19-22H2,1-6H3. The Balaban J connectivity index is 2.12. The van der Waals surface area contributed by atoms with Gasteiger partial charge in [-0.25, -0.2) is 16.8 Å². The highest BCUT2D eigenvalue weighted by Crippen LogP contribution is 2.33. The molecule has 0 radical (unpaired) electrons. The topological polar surface area (TPSA) is 164 Å². The summed E-state index contributed by atoms with van der Waals surface area (Å²) >= 11 is 0. The Bertz CT molecular complexity index is 1670. The van der Waals surface area contributed by atoms with Crippen molar-refractivity contribution >= 4 is 32.0 Å². The van der Waals surface area contributed by atoms with Gasteiger partial charge in [0.05, 0.1) is 41.7 Å². The molecule has 0 saturated carbocycles. The number of ether oxygens (including phenoxy) is 6. The van der Waals surface area contributed by atoms with E-state index < -0.39 is 45.1 Å². The molecule has 14 nitrogen and oxygen atoms in total. The summed E-state index contributed by atoms with van der Waals surface area (Å²) in [5.41, 5.74) is 0.701. The first-order valence-corrected chi connectivity index (χ1v) is 17.6. The largest absolute Gasteiger partial charge is 0.497 e. The molecule has 0 spiro atoms. The fourth-order valence-electron chi connectivity index (χ4n) is 4.65. The number of carbonyl (C=O) groups excluding carboxylic acids is 2. The van der Waals surface area contributed by atoms with Gasteiger partial charge in [-0.15, -0.1) is 0 Å². The Morgan fingerprint density at radius 1 is 0.583 bits per heavy atom. The monoisotopic (exact) mass is 708 g/mol. The fourth-order valence-corrected chi connectivity index (χ4v) is 7.65. The summed E-state index contributed by atoms with van der Waals surface area (Å²) in [7, 11) is -3.40. The molecule has 262 valence electrons. The van der Waals surface area contributed by atoms with Crippen molar-refractivity contribution in [3.63, 3.8) is 0 Å². The zero-order chi connectivity index (χ0) is 35.5. The van der Waals surface area contributed by atoms with Crippen LogP contribution in [0.5, 0.6) is 23.0 Å². The fraction of sp³-hybridized carbons (Fsp3) is 0.375. The first-order valence-electron chi connectivity index (χ1n) is 14.7. The average Bonchev–Trinajstić information content (AvgIpc) is 3.07. The molecule has 0 aromatic heterocycles. The van der Waals surface area contributed by atoms with E-state index in [1.165, 1.54) is 64.8 Å². The van der Waals surface area contributed by atoms with E-state index in [4.69, 9.17) is 28.4 Å². The number of hydrogen-bond donors (Lipinski definition) is 0. The third-order valence-electron chi connectivity index (χ3n) is 7.01. The number of rotatable bonds is 18. The molecule has 0 fully saturated rings. The summed E-state index contributed by atoms with van der Waals surface area (Å²) in [6.45, 7) is 1.16. The van der Waals surface area contributed by atoms with Crippen LogP contribution >= 0.6 is 0 Å². The van der Waals surface area contributed by atoms with Gasteiger partial charge in [0.25, 0.3) is 0 Å². The van der Waals surface area contributed by atoms with Gasteiger partial charge in [-0.2, -0.15) is 8.61 Å². The van der Waals surface area contributed by atoms with Crippen molar-refractivity contribution < 1.29 is 54.8 Å². The highest BCUT2D eigenvalue weighted by atomic mass is 32.2. The maximum absolute atomic E-state index is 14.1. The number of sulfonamides is 2. The highest BCUT2D eigenvalue weighted by molar-refractivity contribution is 7.89. The van der Waals surface area contributed by atoms with Gasteiger partial charge in [0.1, 0.15) is 45.9 Å². The van der Waals surface area contributed by atoms with Crippen LogP contribution < -0.4 is 18.9 Å². The molecular formula is C32H40N2O12S2. The normalized spacial score (nSPS) is 11.7. The Morgan fingerprint density at radius 2 is 0.958 bits per heavy atom. The molecular weight excluding hydrogens is 668 g/mol. The van der Waals surface area contributed by atoms with E-state index in [0.29, 0.717) is 22.6 Å². The lowest BCUT2D eigenvalue weighted by atomic mass is 10.1. The summed E-state index contributed by atoms with van der Waals surface area (Å²) in [5, 5.41) is 0. The first kappa shape index (κ1) is 38.1. The van der Waals surface area contributed by atoms with E-state index in [-0.39, 0.29) is 47.6 Å². The van der Waals surface area contributed by atoms with Crippen LogP contribution in [0, 0.1) is 0 Å². The lowest BCUT2D eigenvalue weighted by Crippen LogP contribution is -2.38. The zero-order valence-corrected chi connectivity index (χ0v) is 29.3. The van der Waals surface area contributed by atoms with E-state index in [1.807, 2.05) is 0 Å². The molecule has 0 unspecified atom stereocenters. The van der Waals surface area contributed by atoms with Crippen LogP contribution in [0.1, 0.15) is 25.0 Å². The number of esters is 2. The van der Waals surface area contributed by atoms with Gasteiger partial charge in [0.2, 0.25) is 20.0 Å². The van der Waals surface area contributed by atoms with Crippen molar-refractivity contribution in [1.29, 1.82) is 0 Å². The van der Waals surface area contributed by atoms with Crippen LogP contribution in [0.25, 0.3) is 0 Å². The third kappa shape index (κ3) is 9.15. The summed E-state index contributed by atoms with van der Waals surface area (Å²) in [6, 6.07) is 14.7. The van der Waals surface area contributed by atoms with Gasteiger partial charge in [-0.05, 0) is 49.2 Å². The molecule has 0 atom stereocenters. The number of methoxy groups -OCH3 is 4. The van der Waals surface area contributed by atoms with Crippen molar-refractivity contribution in [2.45, 2.75) is 36.7 Å². The minimum absolute atomic E-state index is 0.0170. The molecule has 0 N–H and O–H groups in total. The van der Waals surface area contributed by atoms with E-state index in [9.17, 15) is 26.4 Å². The van der Waals surface area contributed by atoms with Crippen LogP contribution in [0.15, 0.2) is 70.5 Å². The lowest BCUT2D eigenvalue weighted by Gasteiger charge is -2.26. The minimum atomic E-state index is -4.42. The molecule has 0 aliphatic carbocycles. The molecule has 0 heterocycles.